The molecule has 0 unspecified atom stereocenters. The second-order valence-corrected chi connectivity index (χ2v) is 2.63. The number of rotatable bonds is 3. The number of hydrogen-bond donors (Lipinski definition) is 0. The molecule has 6 heteroatoms. The molecule has 1 rings (SSSR count). The first kappa shape index (κ1) is 10.6. The van der Waals surface area contributed by atoms with Crippen LogP contribution in [0.5, 0.6) is 0 Å². The molecule has 0 atom stereocenters. The standard InChI is InChI=1S/C8H10F2N2O2/c1-3-14-8(13)6-5(7(9)10)4-12(2)11-6/h4,7H,3H2,1-2H3. The summed E-state index contributed by atoms with van der Waals surface area (Å²) in [4.78, 5) is 11.2. The maximum Gasteiger partial charge on any atom is 0.359 e. The highest BCUT2D eigenvalue weighted by Gasteiger charge is 2.23. The van der Waals surface area contributed by atoms with Crippen LogP contribution in [-0.2, 0) is 11.8 Å². The van der Waals surface area contributed by atoms with Crippen LogP contribution in [0.4, 0.5) is 8.78 Å². The Bertz CT molecular complexity index is 336. The summed E-state index contributed by atoms with van der Waals surface area (Å²) >= 11 is 0. The van der Waals surface area contributed by atoms with Gasteiger partial charge >= 0.3 is 5.97 Å². The number of carbonyl (C=O) groups is 1. The van der Waals surface area contributed by atoms with Crippen molar-refractivity contribution in [1.29, 1.82) is 0 Å². The molecule has 0 aliphatic heterocycles. The number of aromatic nitrogens is 2. The van der Waals surface area contributed by atoms with Crippen LogP contribution >= 0.6 is 0 Å². The third-order valence-electron chi connectivity index (χ3n) is 1.56. The zero-order valence-corrected chi connectivity index (χ0v) is 7.83. The van der Waals surface area contributed by atoms with Crippen molar-refractivity contribution in [3.63, 3.8) is 0 Å². The molecule has 0 saturated carbocycles. The number of aryl methyl sites for hydroxylation is 1. The molecule has 0 aromatic carbocycles. The number of carbonyl (C=O) groups excluding carboxylic acids is 1. The minimum atomic E-state index is -2.72. The van der Waals surface area contributed by atoms with Gasteiger partial charge in [-0.1, -0.05) is 0 Å². The van der Waals surface area contributed by atoms with Crippen LogP contribution in [0.25, 0.3) is 0 Å². The van der Waals surface area contributed by atoms with Gasteiger partial charge in [0.15, 0.2) is 5.69 Å². The van der Waals surface area contributed by atoms with Crippen molar-refractivity contribution in [3.8, 4) is 0 Å². The lowest BCUT2D eigenvalue weighted by atomic mass is 10.2. The zero-order chi connectivity index (χ0) is 10.7. The van der Waals surface area contributed by atoms with Gasteiger partial charge in [-0.25, -0.2) is 13.6 Å². The highest BCUT2D eigenvalue weighted by molar-refractivity contribution is 5.88. The molecule has 0 spiro atoms. The Labute approximate surface area is 79.5 Å². The average Bonchev–Trinajstić information content (AvgIpc) is 2.48. The third-order valence-corrected chi connectivity index (χ3v) is 1.56. The zero-order valence-electron chi connectivity index (χ0n) is 7.83. The predicted octanol–water partition coefficient (Wildman–Crippen LogP) is 1.53. The summed E-state index contributed by atoms with van der Waals surface area (Å²) in [5, 5.41) is 3.61. The first-order chi connectivity index (χ1) is 6.56. The summed E-state index contributed by atoms with van der Waals surface area (Å²) in [6.45, 7) is 1.74. The Morgan fingerprint density at radius 1 is 1.71 bits per heavy atom. The SMILES string of the molecule is CCOC(=O)c1nn(C)cc1C(F)F. The molecule has 1 aromatic heterocycles. The smallest absolute Gasteiger partial charge is 0.359 e. The molecule has 4 nitrogen and oxygen atoms in total. The van der Waals surface area contributed by atoms with E-state index in [9.17, 15) is 13.6 Å². The van der Waals surface area contributed by atoms with Crippen LogP contribution in [0, 0.1) is 0 Å². The fourth-order valence-corrected chi connectivity index (χ4v) is 1.02. The van der Waals surface area contributed by atoms with Crippen LogP contribution in [-0.4, -0.2) is 22.4 Å². The van der Waals surface area contributed by atoms with Gasteiger partial charge in [0.2, 0.25) is 0 Å². The van der Waals surface area contributed by atoms with E-state index in [-0.39, 0.29) is 12.3 Å². The van der Waals surface area contributed by atoms with Crippen molar-refractivity contribution in [2.24, 2.45) is 7.05 Å². The van der Waals surface area contributed by atoms with Crippen LogP contribution in [0.1, 0.15) is 29.4 Å². The van der Waals surface area contributed by atoms with Crippen LogP contribution < -0.4 is 0 Å². The maximum absolute atomic E-state index is 12.4. The summed E-state index contributed by atoms with van der Waals surface area (Å²) in [6.07, 6.45) is -1.61. The molecule has 0 amide bonds. The normalized spacial score (nSPS) is 10.6. The molecule has 0 fully saturated rings. The van der Waals surface area contributed by atoms with E-state index in [0.29, 0.717) is 0 Å². The van der Waals surface area contributed by atoms with Crippen molar-refractivity contribution in [2.75, 3.05) is 6.61 Å². The minimum absolute atomic E-state index is 0.137. The summed E-state index contributed by atoms with van der Waals surface area (Å²) < 4.78 is 30.5. The highest BCUT2D eigenvalue weighted by atomic mass is 19.3. The van der Waals surface area contributed by atoms with Crippen molar-refractivity contribution >= 4 is 5.97 Å². The molecule has 0 N–H and O–H groups in total. The van der Waals surface area contributed by atoms with Gasteiger partial charge in [0.1, 0.15) is 0 Å². The summed E-state index contributed by atoms with van der Waals surface area (Å²) in [5.41, 5.74) is -0.713. The molecule has 0 aliphatic carbocycles. The van der Waals surface area contributed by atoms with E-state index in [2.05, 4.69) is 9.84 Å². The largest absolute Gasteiger partial charge is 0.461 e. The molecule has 78 valence electrons. The van der Waals surface area contributed by atoms with E-state index in [1.807, 2.05) is 0 Å². The van der Waals surface area contributed by atoms with E-state index in [0.717, 1.165) is 10.9 Å². The monoisotopic (exact) mass is 204 g/mol. The number of halogens is 2. The molecule has 14 heavy (non-hydrogen) atoms. The Kier molecular flexibility index (Phi) is 3.16. The highest BCUT2D eigenvalue weighted by Crippen LogP contribution is 2.22. The van der Waals surface area contributed by atoms with E-state index in [1.54, 1.807) is 6.92 Å². The van der Waals surface area contributed by atoms with Gasteiger partial charge in [-0.3, -0.25) is 4.68 Å². The van der Waals surface area contributed by atoms with Gasteiger partial charge in [0.25, 0.3) is 6.43 Å². The maximum atomic E-state index is 12.4. The number of esters is 1. The number of ether oxygens (including phenoxy) is 1. The number of nitrogens with zero attached hydrogens (tertiary/aromatic N) is 2. The second kappa shape index (κ2) is 4.17. The number of hydrogen-bond acceptors (Lipinski definition) is 3. The van der Waals surface area contributed by atoms with Gasteiger partial charge in [0, 0.05) is 13.2 Å². The van der Waals surface area contributed by atoms with Gasteiger partial charge in [-0.2, -0.15) is 5.10 Å². The van der Waals surface area contributed by atoms with Gasteiger partial charge in [-0.05, 0) is 6.92 Å². The van der Waals surface area contributed by atoms with Crippen molar-refractivity contribution in [2.45, 2.75) is 13.3 Å². The Balaban J connectivity index is 3.00. The predicted molar refractivity (Wildman–Crippen MR) is 44.1 cm³/mol. The third kappa shape index (κ3) is 2.07. The molecule has 1 aromatic rings. The van der Waals surface area contributed by atoms with Gasteiger partial charge in [0.05, 0.1) is 12.2 Å². The van der Waals surface area contributed by atoms with Crippen LogP contribution in [0.3, 0.4) is 0 Å². The Morgan fingerprint density at radius 2 is 2.36 bits per heavy atom. The Hall–Kier alpha value is -1.46. The fraction of sp³-hybridized carbons (Fsp3) is 0.500. The quantitative estimate of drug-likeness (QED) is 0.701. The molecule has 0 saturated heterocycles. The lowest BCUT2D eigenvalue weighted by molar-refractivity contribution is 0.0508. The molecular formula is C8H10F2N2O2. The molecule has 1 heterocycles. The lowest BCUT2D eigenvalue weighted by Gasteiger charge is -2.00. The van der Waals surface area contributed by atoms with E-state index >= 15 is 0 Å². The van der Waals surface area contributed by atoms with E-state index < -0.39 is 18.0 Å². The van der Waals surface area contributed by atoms with Crippen LogP contribution in [0.15, 0.2) is 6.20 Å². The van der Waals surface area contributed by atoms with Crippen LogP contribution in [0.2, 0.25) is 0 Å². The summed E-state index contributed by atoms with van der Waals surface area (Å²) in [5.74, 6) is -0.816. The summed E-state index contributed by atoms with van der Waals surface area (Å²) in [6, 6.07) is 0. The fourth-order valence-electron chi connectivity index (χ4n) is 1.02. The molecular weight excluding hydrogens is 194 g/mol. The van der Waals surface area contributed by atoms with Crippen molar-refractivity contribution < 1.29 is 18.3 Å². The summed E-state index contributed by atoms with van der Waals surface area (Å²) in [7, 11) is 1.47. The van der Waals surface area contributed by atoms with E-state index in [1.165, 1.54) is 7.05 Å². The lowest BCUT2D eigenvalue weighted by Crippen LogP contribution is -2.08. The van der Waals surface area contributed by atoms with Gasteiger partial charge < -0.3 is 4.74 Å². The first-order valence-corrected chi connectivity index (χ1v) is 4.05. The molecule has 0 bridgehead atoms. The van der Waals surface area contributed by atoms with Gasteiger partial charge in [-0.15, -0.1) is 0 Å². The topological polar surface area (TPSA) is 44.1 Å². The molecule has 0 aliphatic rings. The molecule has 0 radical (unpaired) electrons. The minimum Gasteiger partial charge on any atom is -0.461 e. The van der Waals surface area contributed by atoms with E-state index in [4.69, 9.17) is 0 Å². The van der Waals surface area contributed by atoms with Crippen molar-refractivity contribution in [3.05, 3.63) is 17.5 Å². The Morgan fingerprint density at radius 3 is 2.86 bits per heavy atom. The van der Waals surface area contributed by atoms with Crippen molar-refractivity contribution in [1.82, 2.24) is 9.78 Å². The second-order valence-electron chi connectivity index (χ2n) is 2.63. The average molecular weight is 204 g/mol. The number of alkyl halides is 2. The first-order valence-electron chi connectivity index (χ1n) is 4.05.